The van der Waals surface area contributed by atoms with Crippen LogP contribution in [0.25, 0.3) is 0 Å². The summed E-state index contributed by atoms with van der Waals surface area (Å²) in [5.74, 6) is 0.330. The van der Waals surface area contributed by atoms with E-state index in [1.165, 1.54) is 4.90 Å². The Morgan fingerprint density at radius 1 is 1.33 bits per heavy atom. The molecule has 0 spiro atoms. The molecular formula is C10H19BrF3N. The molecule has 0 aromatic rings. The Morgan fingerprint density at radius 2 is 1.93 bits per heavy atom. The van der Waals surface area contributed by atoms with Gasteiger partial charge in [-0.1, -0.05) is 36.2 Å². The molecule has 1 unspecified atom stereocenters. The molecule has 0 aromatic carbocycles. The van der Waals surface area contributed by atoms with Crippen molar-refractivity contribution in [3.8, 4) is 0 Å². The van der Waals surface area contributed by atoms with E-state index in [0.29, 0.717) is 24.3 Å². The summed E-state index contributed by atoms with van der Waals surface area (Å²) in [5, 5.41) is 0.585. The van der Waals surface area contributed by atoms with Gasteiger partial charge in [-0.15, -0.1) is 0 Å². The van der Waals surface area contributed by atoms with Crippen molar-refractivity contribution in [1.29, 1.82) is 0 Å². The fraction of sp³-hybridized carbons (Fsp3) is 1.00. The molecule has 15 heavy (non-hydrogen) atoms. The molecule has 0 saturated carbocycles. The zero-order chi connectivity index (χ0) is 11.9. The van der Waals surface area contributed by atoms with Crippen molar-refractivity contribution in [1.82, 2.24) is 4.90 Å². The SMILES string of the molecule is CCCC(C)CN(CCBr)CC(F)(F)F. The van der Waals surface area contributed by atoms with Crippen LogP contribution in [-0.2, 0) is 0 Å². The van der Waals surface area contributed by atoms with Crippen LogP contribution in [0.3, 0.4) is 0 Å². The highest BCUT2D eigenvalue weighted by molar-refractivity contribution is 9.09. The van der Waals surface area contributed by atoms with E-state index in [0.717, 1.165) is 12.8 Å². The first-order valence-electron chi connectivity index (χ1n) is 5.24. The Hall–Kier alpha value is 0.230. The molecule has 5 heteroatoms. The van der Waals surface area contributed by atoms with E-state index >= 15 is 0 Å². The Balaban J connectivity index is 4.03. The van der Waals surface area contributed by atoms with Crippen LogP contribution in [0, 0.1) is 5.92 Å². The average molecular weight is 290 g/mol. The lowest BCUT2D eigenvalue weighted by Crippen LogP contribution is -2.38. The number of alkyl halides is 4. The van der Waals surface area contributed by atoms with E-state index in [4.69, 9.17) is 0 Å². The fourth-order valence-corrected chi connectivity index (χ4v) is 2.13. The van der Waals surface area contributed by atoms with Crippen molar-refractivity contribution in [2.75, 3.05) is 25.0 Å². The Kier molecular flexibility index (Phi) is 7.61. The maximum Gasteiger partial charge on any atom is 0.401 e. The van der Waals surface area contributed by atoms with Gasteiger partial charge in [0.15, 0.2) is 0 Å². The smallest absolute Gasteiger partial charge is 0.294 e. The Labute approximate surface area is 98.1 Å². The molecule has 0 radical (unpaired) electrons. The van der Waals surface area contributed by atoms with Crippen LogP contribution in [0.4, 0.5) is 13.2 Å². The maximum absolute atomic E-state index is 12.2. The monoisotopic (exact) mass is 289 g/mol. The lowest BCUT2D eigenvalue weighted by Gasteiger charge is -2.25. The molecule has 1 atom stereocenters. The fourth-order valence-electron chi connectivity index (χ4n) is 1.63. The van der Waals surface area contributed by atoms with E-state index in [1.54, 1.807) is 0 Å². The third kappa shape index (κ3) is 9.18. The van der Waals surface area contributed by atoms with Crippen LogP contribution in [0.5, 0.6) is 0 Å². The molecule has 0 N–H and O–H groups in total. The largest absolute Gasteiger partial charge is 0.401 e. The Morgan fingerprint density at radius 3 is 2.33 bits per heavy atom. The molecule has 0 rings (SSSR count). The first-order chi connectivity index (χ1) is 6.89. The molecule has 0 bridgehead atoms. The van der Waals surface area contributed by atoms with Crippen molar-refractivity contribution >= 4 is 15.9 Å². The van der Waals surface area contributed by atoms with E-state index in [-0.39, 0.29) is 0 Å². The van der Waals surface area contributed by atoms with Crippen LogP contribution in [0.15, 0.2) is 0 Å². The minimum absolute atomic E-state index is 0.330. The molecule has 1 nitrogen and oxygen atoms in total. The summed E-state index contributed by atoms with van der Waals surface area (Å²) in [6, 6.07) is 0. The first kappa shape index (κ1) is 15.2. The summed E-state index contributed by atoms with van der Waals surface area (Å²) in [6.45, 7) is 4.23. The van der Waals surface area contributed by atoms with Crippen LogP contribution in [0.2, 0.25) is 0 Å². The summed E-state index contributed by atoms with van der Waals surface area (Å²) in [7, 11) is 0. The second kappa shape index (κ2) is 7.49. The molecular weight excluding hydrogens is 271 g/mol. The lowest BCUT2D eigenvalue weighted by molar-refractivity contribution is -0.146. The molecule has 0 saturated heterocycles. The number of rotatable bonds is 7. The van der Waals surface area contributed by atoms with Crippen molar-refractivity contribution in [3.05, 3.63) is 0 Å². The zero-order valence-electron chi connectivity index (χ0n) is 9.28. The molecule has 0 aliphatic heterocycles. The molecule has 0 amide bonds. The summed E-state index contributed by atoms with van der Waals surface area (Å²) >= 11 is 3.18. The second-order valence-electron chi connectivity index (χ2n) is 3.93. The highest BCUT2D eigenvalue weighted by Crippen LogP contribution is 2.18. The third-order valence-electron chi connectivity index (χ3n) is 2.15. The highest BCUT2D eigenvalue weighted by Gasteiger charge is 2.30. The quantitative estimate of drug-likeness (QED) is 0.646. The van der Waals surface area contributed by atoms with E-state index < -0.39 is 12.7 Å². The maximum atomic E-state index is 12.2. The minimum atomic E-state index is -4.09. The molecule has 0 heterocycles. The highest BCUT2D eigenvalue weighted by atomic mass is 79.9. The van der Waals surface area contributed by atoms with Gasteiger partial charge >= 0.3 is 6.18 Å². The van der Waals surface area contributed by atoms with Crippen LogP contribution in [0.1, 0.15) is 26.7 Å². The number of hydrogen-bond donors (Lipinski definition) is 0. The summed E-state index contributed by atoms with van der Waals surface area (Å²) < 4.78 is 36.6. The number of nitrogens with zero attached hydrogens (tertiary/aromatic N) is 1. The summed E-state index contributed by atoms with van der Waals surface area (Å²) in [4.78, 5) is 1.47. The van der Waals surface area contributed by atoms with E-state index in [2.05, 4.69) is 22.9 Å². The molecule has 0 aliphatic carbocycles. The predicted molar refractivity (Wildman–Crippen MR) is 60.4 cm³/mol. The normalized spacial score (nSPS) is 14.6. The van der Waals surface area contributed by atoms with Gasteiger partial charge in [0.25, 0.3) is 0 Å². The zero-order valence-corrected chi connectivity index (χ0v) is 10.9. The third-order valence-corrected chi connectivity index (χ3v) is 2.51. The van der Waals surface area contributed by atoms with Gasteiger partial charge in [-0.05, 0) is 12.3 Å². The molecule has 92 valence electrons. The summed E-state index contributed by atoms with van der Waals surface area (Å²) in [6.07, 6.45) is -2.08. The predicted octanol–water partition coefficient (Wildman–Crippen LogP) is 3.68. The minimum Gasteiger partial charge on any atom is -0.294 e. The number of hydrogen-bond acceptors (Lipinski definition) is 1. The van der Waals surface area contributed by atoms with E-state index in [1.807, 2.05) is 6.92 Å². The summed E-state index contributed by atoms with van der Waals surface area (Å²) in [5.41, 5.74) is 0. The van der Waals surface area contributed by atoms with Crippen molar-refractivity contribution in [2.24, 2.45) is 5.92 Å². The van der Waals surface area contributed by atoms with E-state index in [9.17, 15) is 13.2 Å². The second-order valence-corrected chi connectivity index (χ2v) is 4.73. The van der Waals surface area contributed by atoms with Gasteiger partial charge in [-0.3, -0.25) is 4.90 Å². The van der Waals surface area contributed by atoms with Crippen LogP contribution < -0.4 is 0 Å². The topological polar surface area (TPSA) is 3.24 Å². The van der Waals surface area contributed by atoms with Crippen molar-refractivity contribution in [2.45, 2.75) is 32.9 Å². The average Bonchev–Trinajstić information content (AvgIpc) is 2.01. The standard InChI is InChI=1S/C10H19BrF3N/c1-3-4-9(2)7-15(6-5-11)8-10(12,13)14/h9H,3-8H2,1-2H3. The first-order valence-corrected chi connectivity index (χ1v) is 6.36. The van der Waals surface area contributed by atoms with Gasteiger partial charge in [0.1, 0.15) is 0 Å². The van der Waals surface area contributed by atoms with Crippen LogP contribution in [-0.4, -0.2) is 36.0 Å². The molecule has 0 aliphatic rings. The lowest BCUT2D eigenvalue weighted by atomic mass is 10.1. The van der Waals surface area contributed by atoms with Crippen LogP contribution >= 0.6 is 15.9 Å². The van der Waals surface area contributed by atoms with Gasteiger partial charge in [0, 0.05) is 18.4 Å². The van der Waals surface area contributed by atoms with Crippen molar-refractivity contribution < 1.29 is 13.2 Å². The van der Waals surface area contributed by atoms with Crippen molar-refractivity contribution in [3.63, 3.8) is 0 Å². The number of halogens is 4. The van der Waals surface area contributed by atoms with Gasteiger partial charge in [0.2, 0.25) is 0 Å². The molecule has 0 fully saturated rings. The Bertz CT molecular complexity index is 161. The molecule has 0 aromatic heterocycles. The van der Waals surface area contributed by atoms with Gasteiger partial charge in [-0.2, -0.15) is 13.2 Å². The van der Waals surface area contributed by atoms with Gasteiger partial charge in [-0.25, -0.2) is 0 Å². The van der Waals surface area contributed by atoms with Gasteiger partial charge in [0.05, 0.1) is 6.54 Å². The van der Waals surface area contributed by atoms with Gasteiger partial charge < -0.3 is 0 Å².